The quantitative estimate of drug-likeness (QED) is 0.427. The summed E-state index contributed by atoms with van der Waals surface area (Å²) >= 11 is 0. The smallest absolute Gasteiger partial charge is 0.410 e. The molecule has 1 atom stereocenters. The van der Waals surface area contributed by atoms with E-state index in [1.54, 1.807) is 11.1 Å². The third kappa shape index (κ3) is 8.02. The van der Waals surface area contributed by atoms with E-state index in [-0.39, 0.29) is 42.4 Å². The molecule has 4 heterocycles. The molecule has 4 rings (SSSR count). The topological polar surface area (TPSA) is 130 Å². The molecule has 1 amide bonds. The number of nitrogens with zero attached hydrogens (tertiary/aromatic N) is 4. The van der Waals surface area contributed by atoms with Gasteiger partial charge in [0, 0.05) is 56.2 Å². The van der Waals surface area contributed by atoms with Crippen molar-refractivity contribution in [3.8, 4) is 0 Å². The lowest BCUT2D eigenvalue weighted by Crippen LogP contribution is -2.43. The first kappa shape index (κ1) is 31.3. The molecule has 230 valence electrons. The number of amides is 1. The average molecular weight is 583 g/mol. The second-order valence-corrected chi connectivity index (χ2v) is 13.0. The van der Waals surface area contributed by atoms with Crippen molar-refractivity contribution in [2.75, 3.05) is 36.9 Å². The first-order valence-electron chi connectivity index (χ1n) is 14.9. The summed E-state index contributed by atoms with van der Waals surface area (Å²) in [6.45, 7) is 15.6. The van der Waals surface area contributed by atoms with Crippen LogP contribution in [0.15, 0.2) is 40.0 Å². The first-order valence-corrected chi connectivity index (χ1v) is 14.9. The van der Waals surface area contributed by atoms with E-state index >= 15 is 0 Å². The molecular weight excluding hydrogens is 536 g/mol. The number of fused-ring (bicyclic) bond motifs is 1. The summed E-state index contributed by atoms with van der Waals surface area (Å²) in [4.78, 5) is 37.0. The molecule has 2 aliphatic rings. The minimum Gasteiger partial charge on any atom is -0.494 e. The van der Waals surface area contributed by atoms with Gasteiger partial charge in [0.05, 0.1) is 18.5 Å². The number of aliphatic imine (C=N–C) groups is 1. The maximum Gasteiger partial charge on any atom is 0.410 e. The van der Waals surface area contributed by atoms with E-state index in [9.17, 15) is 14.7 Å². The standard InChI is InChI=1S/C31H46N6O5/c1-8-20-19-32-24(18-23(20)41-22-10-13-37(14-11-22)29(40)42-31(5,6)7)33-25-17-21-9-12-36(15-16-38)28(39)26(21)27(34-25)35-30(2,3)4/h9,12,17-18,20,22,38H,8,10-11,13-16,19H2,1-7H3,(H2,32,33,34,35). The van der Waals surface area contributed by atoms with Crippen LogP contribution in [0.25, 0.3) is 10.8 Å². The van der Waals surface area contributed by atoms with E-state index in [1.807, 2.05) is 59.8 Å². The predicted molar refractivity (Wildman–Crippen MR) is 166 cm³/mol. The van der Waals surface area contributed by atoms with Crippen molar-refractivity contribution in [2.45, 2.75) is 91.5 Å². The summed E-state index contributed by atoms with van der Waals surface area (Å²) in [5, 5.41) is 17.3. The molecule has 2 aliphatic heterocycles. The molecule has 11 nitrogen and oxygen atoms in total. The molecule has 0 aliphatic carbocycles. The monoisotopic (exact) mass is 582 g/mol. The molecule has 0 bridgehead atoms. The molecule has 0 spiro atoms. The maximum absolute atomic E-state index is 13.2. The van der Waals surface area contributed by atoms with Gasteiger partial charge >= 0.3 is 6.09 Å². The van der Waals surface area contributed by atoms with Gasteiger partial charge in [0.25, 0.3) is 5.56 Å². The number of rotatable bonds is 7. The van der Waals surface area contributed by atoms with E-state index in [4.69, 9.17) is 19.5 Å². The fourth-order valence-corrected chi connectivity index (χ4v) is 5.04. The van der Waals surface area contributed by atoms with E-state index in [0.29, 0.717) is 42.5 Å². The van der Waals surface area contributed by atoms with Gasteiger partial charge in [0.1, 0.15) is 34.9 Å². The molecule has 11 heteroatoms. The zero-order valence-electron chi connectivity index (χ0n) is 26.0. The Hall–Kier alpha value is -3.60. The number of dihydropyridines is 1. The number of amidine groups is 1. The third-order valence-corrected chi connectivity index (χ3v) is 7.10. The van der Waals surface area contributed by atoms with Crippen LogP contribution in [0.2, 0.25) is 0 Å². The number of aliphatic hydroxyl groups excluding tert-OH is 1. The Morgan fingerprint density at radius 3 is 2.50 bits per heavy atom. The number of likely N-dealkylation sites (tertiary alicyclic amines) is 1. The highest BCUT2D eigenvalue weighted by molar-refractivity contribution is 6.05. The zero-order valence-corrected chi connectivity index (χ0v) is 26.0. The van der Waals surface area contributed by atoms with E-state index in [1.165, 1.54) is 4.57 Å². The summed E-state index contributed by atoms with van der Waals surface area (Å²) in [6, 6.07) is 3.69. The number of carbonyl (C=O) groups is 1. The van der Waals surface area contributed by atoms with Crippen LogP contribution >= 0.6 is 0 Å². The highest BCUT2D eigenvalue weighted by Crippen LogP contribution is 2.28. The van der Waals surface area contributed by atoms with Crippen LogP contribution in [-0.4, -0.2) is 75.0 Å². The number of ether oxygens (including phenoxy) is 2. The van der Waals surface area contributed by atoms with Crippen LogP contribution in [0.3, 0.4) is 0 Å². The number of nitrogens with one attached hydrogen (secondary N) is 2. The largest absolute Gasteiger partial charge is 0.494 e. The molecule has 42 heavy (non-hydrogen) atoms. The number of anilines is 2. The minimum absolute atomic E-state index is 0.00538. The molecular formula is C31H46N6O5. The lowest BCUT2D eigenvalue weighted by Gasteiger charge is -2.35. The molecule has 0 aromatic carbocycles. The van der Waals surface area contributed by atoms with Gasteiger partial charge in [0.2, 0.25) is 0 Å². The number of aliphatic hydroxyl groups is 1. The van der Waals surface area contributed by atoms with Crippen LogP contribution < -0.4 is 16.2 Å². The Bertz CT molecular complexity index is 1390. The fourth-order valence-electron chi connectivity index (χ4n) is 5.04. The molecule has 2 aromatic heterocycles. The molecule has 1 unspecified atom stereocenters. The van der Waals surface area contributed by atoms with Crippen molar-refractivity contribution < 1.29 is 19.4 Å². The van der Waals surface area contributed by atoms with Gasteiger partial charge in [-0.2, -0.15) is 0 Å². The molecule has 3 N–H and O–H groups in total. The molecule has 0 saturated carbocycles. The highest BCUT2D eigenvalue weighted by Gasteiger charge is 2.30. The summed E-state index contributed by atoms with van der Waals surface area (Å²) in [7, 11) is 0. The van der Waals surface area contributed by atoms with Crippen LogP contribution in [-0.2, 0) is 16.0 Å². The number of hydrogen-bond acceptors (Lipinski definition) is 9. The van der Waals surface area contributed by atoms with Gasteiger partial charge < -0.3 is 34.7 Å². The van der Waals surface area contributed by atoms with Gasteiger partial charge in [0.15, 0.2) is 0 Å². The SMILES string of the molecule is CCC1CN=C(Nc2cc3ccn(CCO)c(=O)c3c(NC(C)(C)C)n2)C=C1OC1CCN(C(=O)OC(C)(C)C)CC1. The van der Waals surface area contributed by atoms with Crippen LogP contribution in [0.4, 0.5) is 16.4 Å². The van der Waals surface area contributed by atoms with Crippen LogP contribution in [0, 0.1) is 5.92 Å². The second kappa shape index (κ2) is 12.7. The lowest BCUT2D eigenvalue weighted by molar-refractivity contribution is 0.000953. The Balaban J connectivity index is 1.52. The first-order chi connectivity index (χ1) is 19.8. The van der Waals surface area contributed by atoms with Gasteiger partial charge in [-0.1, -0.05) is 6.92 Å². The summed E-state index contributed by atoms with van der Waals surface area (Å²) in [5.41, 5.74) is -1.06. The number of piperidine rings is 1. The Kier molecular flexibility index (Phi) is 9.50. The Labute approximate surface area is 248 Å². The van der Waals surface area contributed by atoms with E-state index in [2.05, 4.69) is 17.6 Å². The van der Waals surface area contributed by atoms with Gasteiger partial charge in [-0.15, -0.1) is 0 Å². The fraction of sp³-hybridized carbons (Fsp3) is 0.613. The van der Waals surface area contributed by atoms with Crippen molar-refractivity contribution in [3.05, 3.63) is 40.5 Å². The van der Waals surface area contributed by atoms with E-state index < -0.39 is 5.60 Å². The Morgan fingerprint density at radius 2 is 1.88 bits per heavy atom. The normalized spacial score (nSPS) is 18.4. The molecule has 1 fully saturated rings. The third-order valence-electron chi connectivity index (χ3n) is 7.10. The Morgan fingerprint density at radius 1 is 1.17 bits per heavy atom. The second-order valence-electron chi connectivity index (χ2n) is 13.0. The lowest BCUT2D eigenvalue weighted by atomic mass is 10.0. The van der Waals surface area contributed by atoms with Crippen molar-refractivity contribution in [2.24, 2.45) is 10.9 Å². The van der Waals surface area contributed by atoms with Gasteiger partial charge in [-0.25, -0.2) is 9.78 Å². The number of aromatic nitrogens is 2. The minimum atomic E-state index is -0.517. The molecule has 1 saturated heterocycles. The number of carbonyl (C=O) groups excluding carboxylic acids is 1. The predicted octanol–water partition coefficient (Wildman–Crippen LogP) is 4.75. The molecule has 0 radical (unpaired) electrons. The summed E-state index contributed by atoms with van der Waals surface area (Å²) in [6.07, 6.45) is 5.72. The zero-order chi connectivity index (χ0) is 30.7. The van der Waals surface area contributed by atoms with Crippen molar-refractivity contribution in [1.29, 1.82) is 0 Å². The van der Waals surface area contributed by atoms with Crippen molar-refractivity contribution >= 4 is 34.3 Å². The maximum atomic E-state index is 13.2. The highest BCUT2D eigenvalue weighted by atomic mass is 16.6. The van der Waals surface area contributed by atoms with E-state index in [0.717, 1.165) is 30.4 Å². The van der Waals surface area contributed by atoms with Crippen LogP contribution in [0.5, 0.6) is 0 Å². The van der Waals surface area contributed by atoms with Gasteiger partial charge in [-0.3, -0.25) is 9.79 Å². The summed E-state index contributed by atoms with van der Waals surface area (Å²) in [5.74, 6) is 2.73. The van der Waals surface area contributed by atoms with Crippen molar-refractivity contribution in [3.63, 3.8) is 0 Å². The molecule has 2 aromatic rings. The van der Waals surface area contributed by atoms with Gasteiger partial charge in [-0.05, 0) is 65.5 Å². The number of hydrogen-bond donors (Lipinski definition) is 3. The average Bonchev–Trinajstić information content (AvgIpc) is 2.89. The van der Waals surface area contributed by atoms with Crippen molar-refractivity contribution in [1.82, 2.24) is 14.5 Å². The van der Waals surface area contributed by atoms with Crippen LogP contribution in [0.1, 0.15) is 67.7 Å². The number of pyridine rings is 2. The summed E-state index contributed by atoms with van der Waals surface area (Å²) < 4.78 is 13.5.